The van der Waals surface area contributed by atoms with E-state index < -0.39 is 11.0 Å². The molecule has 1 spiro atoms. The van der Waals surface area contributed by atoms with E-state index in [-0.39, 0.29) is 23.3 Å². The largest absolute Gasteiger partial charge is 0.497 e. The summed E-state index contributed by atoms with van der Waals surface area (Å²) in [4.78, 5) is 30.5. The summed E-state index contributed by atoms with van der Waals surface area (Å²) in [5.74, 6) is 1.31. The first-order chi connectivity index (χ1) is 16.2. The lowest BCUT2D eigenvalue weighted by Gasteiger charge is -2.38. The Labute approximate surface area is 201 Å². The van der Waals surface area contributed by atoms with E-state index in [0.717, 1.165) is 36.3 Å². The summed E-state index contributed by atoms with van der Waals surface area (Å²) in [6, 6.07) is 18.2. The van der Waals surface area contributed by atoms with E-state index >= 15 is 0 Å². The van der Waals surface area contributed by atoms with Crippen LogP contribution in [0.2, 0.25) is 0 Å². The van der Waals surface area contributed by atoms with Crippen LogP contribution in [0.5, 0.6) is 5.75 Å². The Bertz CT molecular complexity index is 1070. The van der Waals surface area contributed by atoms with Crippen LogP contribution in [0.4, 0.5) is 4.79 Å². The van der Waals surface area contributed by atoms with Crippen molar-refractivity contribution >= 4 is 12.0 Å². The van der Waals surface area contributed by atoms with E-state index in [1.807, 2.05) is 73.0 Å². The van der Waals surface area contributed by atoms with Crippen LogP contribution in [0.3, 0.4) is 0 Å². The van der Waals surface area contributed by atoms with Crippen LogP contribution >= 0.6 is 0 Å². The number of piperidine rings is 2. The number of benzene rings is 2. The van der Waals surface area contributed by atoms with Crippen molar-refractivity contribution in [3.05, 3.63) is 65.7 Å². The normalized spacial score (nSPS) is 25.3. The second-order valence-electron chi connectivity index (χ2n) is 10.9. The molecule has 2 saturated heterocycles. The molecule has 0 unspecified atom stereocenters. The van der Waals surface area contributed by atoms with Gasteiger partial charge in [-0.25, -0.2) is 4.79 Å². The number of carbonyl (C=O) groups excluding carboxylic acids is 2. The van der Waals surface area contributed by atoms with Crippen molar-refractivity contribution in [1.82, 2.24) is 9.80 Å². The fraction of sp³-hybridized carbons (Fsp3) is 0.500. The minimum Gasteiger partial charge on any atom is -0.497 e. The Kier molecular flexibility index (Phi) is 5.38. The Balaban J connectivity index is 1.37. The zero-order valence-corrected chi connectivity index (χ0v) is 20.5. The molecular formula is C28H34N2O4. The molecule has 2 aromatic carbocycles. The molecule has 6 heteroatoms. The number of nitrogens with zero attached hydrogens (tertiary/aromatic N) is 2. The maximum Gasteiger partial charge on any atom is 0.410 e. The monoisotopic (exact) mass is 462 g/mol. The van der Waals surface area contributed by atoms with Gasteiger partial charge >= 0.3 is 6.09 Å². The van der Waals surface area contributed by atoms with Crippen LogP contribution in [-0.4, -0.2) is 54.1 Å². The number of methoxy groups -OCH3 is 1. The lowest BCUT2D eigenvalue weighted by Crippen LogP contribution is -2.47. The number of likely N-dealkylation sites (tertiary alicyclic amines) is 2. The van der Waals surface area contributed by atoms with Crippen LogP contribution in [0.25, 0.3) is 0 Å². The SMILES string of the molecule is COc1ccc(CN2C[C@@H]3C4(CCN(C(=O)OC(C)(C)C)CC4)[C@]3(c3ccccc3)C2=O)cc1. The summed E-state index contributed by atoms with van der Waals surface area (Å²) in [7, 11) is 1.66. The van der Waals surface area contributed by atoms with Gasteiger partial charge in [0.15, 0.2) is 0 Å². The molecule has 180 valence electrons. The number of fused-ring (bicyclic) bond motifs is 3. The Morgan fingerprint density at radius 1 is 1.03 bits per heavy atom. The van der Waals surface area contributed by atoms with Crippen LogP contribution in [-0.2, 0) is 21.5 Å². The average molecular weight is 463 g/mol. The molecule has 3 aliphatic rings. The Hall–Kier alpha value is -3.02. The van der Waals surface area contributed by atoms with Gasteiger partial charge < -0.3 is 19.3 Å². The van der Waals surface area contributed by atoms with Gasteiger partial charge in [-0.3, -0.25) is 4.79 Å². The van der Waals surface area contributed by atoms with Gasteiger partial charge in [-0.1, -0.05) is 42.5 Å². The lowest BCUT2D eigenvalue weighted by molar-refractivity contribution is -0.134. The number of hydrogen-bond acceptors (Lipinski definition) is 4. The quantitative estimate of drug-likeness (QED) is 0.665. The molecule has 2 aromatic rings. The maximum atomic E-state index is 14.1. The number of carbonyl (C=O) groups is 2. The van der Waals surface area contributed by atoms with Crippen molar-refractivity contribution < 1.29 is 19.1 Å². The van der Waals surface area contributed by atoms with Crippen molar-refractivity contribution in [2.24, 2.45) is 11.3 Å². The molecule has 0 N–H and O–H groups in total. The number of amides is 2. The second-order valence-corrected chi connectivity index (χ2v) is 10.9. The van der Waals surface area contributed by atoms with E-state index in [1.165, 1.54) is 0 Å². The predicted octanol–water partition coefficient (Wildman–Crippen LogP) is 4.62. The molecule has 2 amide bonds. The van der Waals surface area contributed by atoms with Crippen molar-refractivity contribution in [1.29, 1.82) is 0 Å². The summed E-state index contributed by atoms with van der Waals surface area (Å²) in [5, 5.41) is 0. The third kappa shape index (κ3) is 3.46. The Morgan fingerprint density at radius 2 is 1.68 bits per heavy atom. The molecule has 0 radical (unpaired) electrons. The zero-order chi connectivity index (χ0) is 24.1. The molecule has 2 heterocycles. The third-order valence-electron chi connectivity index (χ3n) is 7.99. The van der Waals surface area contributed by atoms with Gasteiger partial charge in [0.25, 0.3) is 0 Å². The maximum absolute atomic E-state index is 14.1. The van der Waals surface area contributed by atoms with Gasteiger partial charge in [0.05, 0.1) is 12.5 Å². The van der Waals surface area contributed by atoms with Crippen molar-refractivity contribution in [2.45, 2.75) is 51.2 Å². The number of ether oxygens (including phenoxy) is 2. The highest BCUT2D eigenvalue weighted by Crippen LogP contribution is 2.77. The van der Waals surface area contributed by atoms with Crippen molar-refractivity contribution in [2.75, 3.05) is 26.7 Å². The van der Waals surface area contributed by atoms with Gasteiger partial charge in [-0.15, -0.1) is 0 Å². The van der Waals surface area contributed by atoms with Crippen molar-refractivity contribution in [3.8, 4) is 5.75 Å². The van der Waals surface area contributed by atoms with Gasteiger partial charge in [0, 0.05) is 32.1 Å². The fourth-order valence-corrected chi connectivity index (χ4v) is 6.47. The van der Waals surface area contributed by atoms with Gasteiger partial charge in [-0.05, 0) is 62.3 Å². The van der Waals surface area contributed by atoms with E-state index in [0.29, 0.717) is 19.6 Å². The standard InChI is InChI=1S/C28H34N2O4/c1-26(2,3)34-25(32)29-16-14-27(15-17-29)23-19-30(18-20-10-12-22(33-4)13-11-20)24(31)28(23,27)21-8-6-5-7-9-21/h5-13,23H,14-19H2,1-4H3/t23-,28+/m1/s1. The Morgan fingerprint density at radius 3 is 2.26 bits per heavy atom. The molecule has 3 fully saturated rings. The molecule has 2 aliphatic heterocycles. The number of rotatable bonds is 4. The fourth-order valence-electron chi connectivity index (χ4n) is 6.47. The summed E-state index contributed by atoms with van der Waals surface area (Å²) in [6.45, 7) is 8.30. The van der Waals surface area contributed by atoms with Gasteiger partial charge in [-0.2, -0.15) is 0 Å². The molecule has 1 saturated carbocycles. The summed E-state index contributed by atoms with van der Waals surface area (Å²) < 4.78 is 10.9. The van der Waals surface area contributed by atoms with Gasteiger partial charge in [0.1, 0.15) is 11.4 Å². The predicted molar refractivity (Wildman–Crippen MR) is 129 cm³/mol. The van der Waals surface area contributed by atoms with Crippen LogP contribution in [0.1, 0.15) is 44.7 Å². The van der Waals surface area contributed by atoms with E-state index in [4.69, 9.17) is 9.47 Å². The first-order valence-electron chi connectivity index (χ1n) is 12.2. The summed E-state index contributed by atoms with van der Waals surface area (Å²) in [5.41, 5.74) is 1.15. The highest BCUT2D eigenvalue weighted by atomic mass is 16.6. The minimum absolute atomic E-state index is 0.0830. The van der Waals surface area contributed by atoms with Crippen LogP contribution < -0.4 is 4.74 Å². The molecule has 5 rings (SSSR count). The van der Waals surface area contributed by atoms with E-state index in [2.05, 4.69) is 12.1 Å². The smallest absolute Gasteiger partial charge is 0.410 e. The molecule has 0 aromatic heterocycles. The van der Waals surface area contributed by atoms with Crippen LogP contribution in [0, 0.1) is 11.3 Å². The molecule has 0 bridgehead atoms. The van der Waals surface area contributed by atoms with Crippen molar-refractivity contribution in [3.63, 3.8) is 0 Å². The molecule has 2 atom stereocenters. The second kappa shape index (κ2) is 8.03. The van der Waals surface area contributed by atoms with E-state index in [1.54, 1.807) is 7.11 Å². The highest BCUT2D eigenvalue weighted by Gasteiger charge is 2.84. The minimum atomic E-state index is -0.508. The summed E-state index contributed by atoms with van der Waals surface area (Å²) >= 11 is 0. The molecule has 1 aliphatic carbocycles. The highest BCUT2D eigenvalue weighted by molar-refractivity contribution is 5.97. The average Bonchev–Trinajstić information content (AvgIpc) is 3.23. The van der Waals surface area contributed by atoms with E-state index in [9.17, 15) is 9.59 Å². The number of hydrogen-bond donors (Lipinski definition) is 0. The van der Waals surface area contributed by atoms with Gasteiger partial charge in [0.2, 0.25) is 5.91 Å². The zero-order valence-electron chi connectivity index (χ0n) is 20.5. The van der Waals surface area contributed by atoms with Crippen LogP contribution in [0.15, 0.2) is 54.6 Å². The molecule has 34 heavy (non-hydrogen) atoms. The first kappa shape index (κ1) is 22.8. The third-order valence-corrected chi connectivity index (χ3v) is 7.99. The molecular weight excluding hydrogens is 428 g/mol. The lowest BCUT2D eigenvalue weighted by atomic mass is 9.79. The first-order valence-corrected chi connectivity index (χ1v) is 12.2. The topological polar surface area (TPSA) is 59.1 Å². The molecule has 6 nitrogen and oxygen atoms in total. The summed E-state index contributed by atoms with van der Waals surface area (Å²) in [6.07, 6.45) is 1.40.